The second-order valence-electron chi connectivity index (χ2n) is 3.70. The predicted octanol–water partition coefficient (Wildman–Crippen LogP) is 4.13. The molecule has 1 aromatic carbocycles. The van der Waals surface area contributed by atoms with E-state index in [0.717, 1.165) is 0 Å². The zero-order valence-electron chi connectivity index (χ0n) is 9.33. The molecule has 2 aromatic rings. The number of benzene rings is 1. The molecule has 0 aliphatic heterocycles. The van der Waals surface area contributed by atoms with Crippen LogP contribution in [-0.4, -0.2) is 7.05 Å². The highest BCUT2D eigenvalue weighted by molar-refractivity contribution is 9.10. The Morgan fingerprint density at radius 2 is 1.94 bits per heavy atom. The van der Waals surface area contributed by atoms with Crippen LogP contribution in [0.15, 0.2) is 40.9 Å². The predicted molar refractivity (Wildman–Crippen MR) is 74.1 cm³/mol. The second-order valence-corrected chi connectivity index (χ2v) is 5.84. The first kappa shape index (κ1) is 11.8. The molecule has 0 bridgehead atoms. The SMILES string of the molecule is CNC(c1ccccc1)c1sc(C)cc1Br. The molecule has 1 atom stereocenters. The molecule has 0 amide bonds. The Morgan fingerprint density at radius 1 is 1.25 bits per heavy atom. The maximum absolute atomic E-state index is 3.63. The molecule has 2 rings (SSSR count). The number of hydrogen-bond donors (Lipinski definition) is 1. The summed E-state index contributed by atoms with van der Waals surface area (Å²) in [7, 11) is 2.00. The Morgan fingerprint density at radius 3 is 2.44 bits per heavy atom. The van der Waals surface area contributed by atoms with Crippen LogP contribution in [0.1, 0.15) is 21.4 Å². The molecule has 16 heavy (non-hydrogen) atoms. The number of halogens is 1. The molecule has 1 nitrogen and oxygen atoms in total. The molecular weight excluding hydrogens is 282 g/mol. The van der Waals surface area contributed by atoms with E-state index in [0.29, 0.717) is 0 Å². The lowest BCUT2D eigenvalue weighted by molar-refractivity contribution is 0.701. The maximum atomic E-state index is 3.63. The van der Waals surface area contributed by atoms with E-state index >= 15 is 0 Å². The third-order valence-corrected chi connectivity index (χ3v) is 4.55. The second kappa shape index (κ2) is 5.13. The third kappa shape index (κ3) is 2.37. The Kier molecular flexibility index (Phi) is 3.79. The topological polar surface area (TPSA) is 12.0 Å². The van der Waals surface area contributed by atoms with Crippen molar-refractivity contribution in [2.75, 3.05) is 7.05 Å². The van der Waals surface area contributed by atoms with E-state index in [1.807, 2.05) is 24.5 Å². The summed E-state index contributed by atoms with van der Waals surface area (Å²) in [4.78, 5) is 2.67. The summed E-state index contributed by atoms with van der Waals surface area (Å²) in [6.07, 6.45) is 0. The molecule has 3 heteroatoms. The molecule has 1 unspecified atom stereocenters. The van der Waals surface area contributed by atoms with Crippen LogP contribution >= 0.6 is 27.3 Å². The van der Waals surface area contributed by atoms with Gasteiger partial charge >= 0.3 is 0 Å². The smallest absolute Gasteiger partial charge is 0.0680 e. The van der Waals surface area contributed by atoms with Crippen LogP contribution in [0.3, 0.4) is 0 Å². The molecule has 0 saturated carbocycles. The standard InChI is InChI=1S/C13H14BrNS/c1-9-8-11(14)13(16-9)12(15-2)10-6-4-3-5-7-10/h3-8,12,15H,1-2H3. The van der Waals surface area contributed by atoms with Crippen molar-refractivity contribution < 1.29 is 0 Å². The summed E-state index contributed by atoms with van der Waals surface area (Å²) in [5.41, 5.74) is 1.30. The number of aryl methyl sites for hydroxylation is 1. The van der Waals surface area contributed by atoms with Crippen molar-refractivity contribution in [1.82, 2.24) is 5.32 Å². The van der Waals surface area contributed by atoms with Gasteiger partial charge in [0.05, 0.1) is 6.04 Å². The van der Waals surface area contributed by atoms with Crippen molar-refractivity contribution in [3.8, 4) is 0 Å². The van der Waals surface area contributed by atoms with Gasteiger partial charge in [-0.2, -0.15) is 0 Å². The molecular formula is C13H14BrNS. The molecule has 0 aliphatic rings. The molecule has 1 heterocycles. The minimum Gasteiger partial charge on any atom is -0.309 e. The van der Waals surface area contributed by atoms with Gasteiger partial charge < -0.3 is 5.32 Å². The van der Waals surface area contributed by atoms with Crippen molar-refractivity contribution in [3.05, 3.63) is 56.2 Å². The normalized spacial score (nSPS) is 12.7. The van der Waals surface area contributed by atoms with Gasteiger partial charge in [-0.1, -0.05) is 30.3 Å². The monoisotopic (exact) mass is 295 g/mol. The third-order valence-electron chi connectivity index (χ3n) is 2.52. The fraction of sp³-hybridized carbons (Fsp3) is 0.231. The van der Waals surface area contributed by atoms with Crippen LogP contribution in [0, 0.1) is 6.92 Å². The zero-order chi connectivity index (χ0) is 11.5. The highest BCUT2D eigenvalue weighted by Gasteiger charge is 2.16. The molecule has 0 saturated heterocycles. The highest BCUT2D eigenvalue weighted by atomic mass is 79.9. The maximum Gasteiger partial charge on any atom is 0.0680 e. The van der Waals surface area contributed by atoms with E-state index in [4.69, 9.17) is 0 Å². The summed E-state index contributed by atoms with van der Waals surface area (Å²) in [6, 6.07) is 13.0. The van der Waals surface area contributed by atoms with E-state index in [9.17, 15) is 0 Å². The largest absolute Gasteiger partial charge is 0.309 e. The Labute approximate surface area is 109 Å². The zero-order valence-corrected chi connectivity index (χ0v) is 11.7. The fourth-order valence-electron chi connectivity index (χ4n) is 1.79. The number of hydrogen-bond acceptors (Lipinski definition) is 2. The van der Waals surface area contributed by atoms with Crippen LogP contribution in [0.5, 0.6) is 0 Å². The highest BCUT2D eigenvalue weighted by Crippen LogP contribution is 2.35. The molecule has 1 aromatic heterocycles. The summed E-state index contributed by atoms with van der Waals surface area (Å²) in [6.45, 7) is 2.14. The summed E-state index contributed by atoms with van der Waals surface area (Å²) < 4.78 is 1.19. The first-order valence-electron chi connectivity index (χ1n) is 5.20. The van der Waals surface area contributed by atoms with Gasteiger partial charge in [0.2, 0.25) is 0 Å². The molecule has 1 N–H and O–H groups in total. The first-order valence-corrected chi connectivity index (χ1v) is 6.81. The summed E-state index contributed by atoms with van der Waals surface area (Å²) >= 11 is 5.46. The Hall–Kier alpha value is -0.640. The van der Waals surface area contributed by atoms with Crippen LogP contribution in [0.4, 0.5) is 0 Å². The van der Waals surface area contributed by atoms with E-state index in [1.165, 1.54) is 19.8 Å². The van der Waals surface area contributed by atoms with Gasteiger partial charge in [-0.15, -0.1) is 11.3 Å². The van der Waals surface area contributed by atoms with E-state index in [2.05, 4.69) is 58.5 Å². The van der Waals surface area contributed by atoms with Crippen molar-refractivity contribution in [1.29, 1.82) is 0 Å². The number of nitrogens with one attached hydrogen (secondary N) is 1. The van der Waals surface area contributed by atoms with Crippen molar-refractivity contribution in [2.24, 2.45) is 0 Å². The van der Waals surface area contributed by atoms with Crippen LogP contribution in [0.2, 0.25) is 0 Å². The lowest BCUT2D eigenvalue weighted by Crippen LogP contribution is -2.16. The molecule has 0 radical (unpaired) electrons. The molecule has 84 valence electrons. The van der Waals surface area contributed by atoms with E-state index in [-0.39, 0.29) is 6.04 Å². The molecule has 0 aliphatic carbocycles. The van der Waals surface area contributed by atoms with Gasteiger partial charge in [0.25, 0.3) is 0 Å². The number of thiophene rings is 1. The van der Waals surface area contributed by atoms with Gasteiger partial charge in [0.1, 0.15) is 0 Å². The Balaban J connectivity index is 2.40. The van der Waals surface area contributed by atoms with Gasteiger partial charge in [0, 0.05) is 14.2 Å². The quantitative estimate of drug-likeness (QED) is 0.898. The van der Waals surface area contributed by atoms with E-state index in [1.54, 1.807) is 0 Å². The van der Waals surface area contributed by atoms with Crippen molar-refractivity contribution in [3.63, 3.8) is 0 Å². The van der Waals surface area contributed by atoms with Gasteiger partial charge in [0.15, 0.2) is 0 Å². The first-order chi connectivity index (χ1) is 7.72. The van der Waals surface area contributed by atoms with Gasteiger partial charge in [-0.3, -0.25) is 0 Å². The van der Waals surface area contributed by atoms with Crippen LogP contribution < -0.4 is 5.32 Å². The number of rotatable bonds is 3. The van der Waals surface area contributed by atoms with Gasteiger partial charge in [-0.05, 0) is 41.5 Å². The van der Waals surface area contributed by atoms with Crippen molar-refractivity contribution in [2.45, 2.75) is 13.0 Å². The minimum atomic E-state index is 0.272. The lowest BCUT2D eigenvalue weighted by atomic mass is 10.1. The summed E-state index contributed by atoms with van der Waals surface area (Å²) in [5, 5.41) is 3.37. The summed E-state index contributed by atoms with van der Waals surface area (Å²) in [5.74, 6) is 0. The average molecular weight is 296 g/mol. The van der Waals surface area contributed by atoms with Crippen LogP contribution in [-0.2, 0) is 0 Å². The van der Waals surface area contributed by atoms with Gasteiger partial charge in [-0.25, -0.2) is 0 Å². The lowest BCUT2D eigenvalue weighted by Gasteiger charge is -2.15. The van der Waals surface area contributed by atoms with Crippen LogP contribution in [0.25, 0.3) is 0 Å². The molecule has 0 fully saturated rings. The van der Waals surface area contributed by atoms with E-state index < -0.39 is 0 Å². The van der Waals surface area contributed by atoms with Crippen molar-refractivity contribution >= 4 is 27.3 Å². The molecule has 0 spiro atoms. The minimum absolute atomic E-state index is 0.272. The Bertz CT molecular complexity index is 464. The average Bonchev–Trinajstić information content (AvgIpc) is 2.61. The fourth-order valence-corrected chi connectivity index (χ4v) is 3.81.